The largest absolute Gasteiger partial charge is 0.431 e. The van der Waals surface area contributed by atoms with Gasteiger partial charge in [-0.2, -0.15) is 13.2 Å². The van der Waals surface area contributed by atoms with Crippen LogP contribution in [0, 0.1) is 0 Å². The average Bonchev–Trinajstić information content (AvgIpc) is 2.78. The molecule has 2 rings (SSSR count). The Kier molecular flexibility index (Phi) is 2.75. The lowest BCUT2D eigenvalue weighted by Gasteiger charge is -2.02. The van der Waals surface area contributed by atoms with E-state index in [4.69, 9.17) is 0 Å². The van der Waals surface area contributed by atoms with Crippen LogP contribution >= 0.6 is 0 Å². The van der Waals surface area contributed by atoms with Crippen LogP contribution in [0.25, 0.3) is 0 Å². The van der Waals surface area contributed by atoms with Crippen LogP contribution in [0.1, 0.15) is 21.7 Å². The van der Waals surface area contributed by atoms with Crippen molar-refractivity contribution >= 4 is 5.78 Å². The summed E-state index contributed by atoms with van der Waals surface area (Å²) in [5.41, 5.74) is -0.636. The molecule has 0 unspecified atom stereocenters. The molecule has 1 aromatic heterocycles. The average molecular weight is 239 g/mol. The summed E-state index contributed by atoms with van der Waals surface area (Å²) in [6.07, 6.45) is -4.46. The molecule has 2 aromatic rings. The maximum Gasteiger partial charge on any atom is 0.431 e. The van der Waals surface area contributed by atoms with E-state index in [1.165, 1.54) is 0 Å². The highest BCUT2D eigenvalue weighted by Crippen LogP contribution is 2.28. The lowest BCUT2D eigenvalue weighted by Crippen LogP contribution is -2.07. The smallest absolute Gasteiger partial charge is 0.348 e. The van der Waals surface area contributed by atoms with Gasteiger partial charge in [0.15, 0.2) is 0 Å². The SMILES string of the molecule is O=C(c1ccccc1)c1ccc(C(F)(F)F)[nH]1. The zero-order valence-electron chi connectivity index (χ0n) is 8.58. The summed E-state index contributed by atoms with van der Waals surface area (Å²) in [7, 11) is 0. The van der Waals surface area contributed by atoms with E-state index in [0.717, 1.165) is 12.1 Å². The van der Waals surface area contributed by atoms with Gasteiger partial charge in [0, 0.05) is 5.56 Å². The first-order chi connectivity index (χ1) is 7.98. The monoisotopic (exact) mass is 239 g/mol. The van der Waals surface area contributed by atoms with E-state index in [1.807, 2.05) is 0 Å². The van der Waals surface area contributed by atoms with Gasteiger partial charge < -0.3 is 4.98 Å². The van der Waals surface area contributed by atoms with Crippen molar-refractivity contribution < 1.29 is 18.0 Å². The van der Waals surface area contributed by atoms with Crippen molar-refractivity contribution in [2.45, 2.75) is 6.18 Å². The molecule has 0 amide bonds. The molecule has 0 atom stereocenters. The van der Waals surface area contributed by atoms with Crippen LogP contribution in [0.4, 0.5) is 13.2 Å². The van der Waals surface area contributed by atoms with Crippen LogP contribution in [0.3, 0.4) is 0 Å². The summed E-state index contributed by atoms with van der Waals surface area (Å²) in [6, 6.07) is 10.1. The number of ketones is 1. The highest BCUT2D eigenvalue weighted by molar-refractivity contribution is 6.07. The quantitative estimate of drug-likeness (QED) is 0.801. The molecule has 1 N–H and O–H groups in total. The Morgan fingerprint density at radius 2 is 1.65 bits per heavy atom. The zero-order valence-corrected chi connectivity index (χ0v) is 8.58. The van der Waals surface area contributed by atoms with Gasteiger partial charge in [0.1, 0.15) is 5.69 Å². The second-order valence-electron chi connectivity index (χ2n) is 3.48. The fraction of sp³-hybridized carbons (Fsp3) is 0.0833. The van der Waals surface area contributed by atoms with E-state index < -0.39 is 17.7 Å². The summed E-state index contributed by atoms with van der Waals surface area (Å²) < 4.78 is 37.0. The van der Waals surface area contributed by atoms with Crippen molar-refractivity contribution in [1.82, 2.24) is 4.98 Å². The van der Waals surface area contributed by atoms with Crippen LogP contribution < -0.4 is 0 Å². The first kappa shape index (κ1) is 11.4. The number of carbonyl (C=O) groups excluding carboxylic acids is 1. The number of carbonyl (C=O) groups is 1. The second kappa shape index (κ2) is 4.08. The van der Waals surface area contributed by atoms with Crippen LogP contribution in [0.2, 0.25) is 0 Å². The molecule has 0 saturated carbocycles. The number of aromatic nitrogens is 1. The van der Waals surface area contributed by atoms with E-state index in [0.29, 0.717) is 5.56 Å². The minimum atomic E-state index is -4.46. The van der Waals surface area contributed by atoms with Gasteiger partial charge >= 0.3 is 6.18 Å². The number of benzene rings is 1. The first-order valence-electron chi connectivity index (χ1n) is 4.84. The molecule has 1 aromatic carbocycles. The van der Waals surface area contributed by atoms with E-state index in [-0.39, 0.29) is 5.69 Å². The summed E-state index contributed by atoms with van der Waals surface area (Å²) >= 11 is 0. The molecule has 0 radical (unpaired) electrons. The molecular formula is C12H8F3NO. The third-order valence-electron chi connectivity index (χ3n) is 2.27. The summed E-state index contributed by atoms with van der Waals surface area (Å²) in [6.45, 7) is 0. The van der Waals surface area contributed by atoms with E-state index in [9.17, 15) is 18.0 Å². The summed E-state index contributed by atoms with van der Waals surface area (Å²) in [5, 5.41) is 0. The molecule has 0 aliphatic rings. The van der Waals surface area contributed by atoms with Crippen molar-refractivity contribution in [2.24, 2.45) is 0 Å². The van der Waals surface area contributed by atoms with Crippen molar-refractivity contribution in [3.63, 3.8) is 0 Å². The van der Waals surface area contributed by atoms with Crippen molar-refractivity contribution in [3.8, 4) is 0 Å². The standard InChI is InChI=1S/C12H8F3NO/c13-12(14,15)10-7-6-9(16-10)11(17)8-4-2-1-3-5-8/h1-7,16H. The minimum absolute atomic E-state index is 0.0662. The summed E-state index contributed by atoms with van der Waals surface area (Å²) in [5.74, 6) is -0.457. The molecule has 17 heavy (non-hydrogen) atoms. The van der Waals surface area contributed by atoms with Crippen molar-refractivity contribution in [2.75, 3.05) is 0 Å². The van der Waals surface area contributed by atoms with Crippen LogP contribution in [0.15, 0.2) is 42.5 Å². The normalized spacial score (nSPS) is 11.5. The predicted octanol–water partition coefficient (Wildman–Crippen LogP) is 3.26. The van der Waals surface area contributed by atoms with Gasteiger partial charge in [0.2, 0.25) is 5.78 Å². The van der Waals surface area contributed by atoms with Gasteiger partial charge in [-0.15, -0.1) is 0 Å². The Balaban J connectivity index is 2.30. The maximum absolute atomic E-state index is 12.3. The van der Waals surface area contributed by atoms with E-state index in [2.05, 4.69) is 4.98 Å². The number of halogens is 3. The van der Waals surface area contributed by atoms with E-state index >= 15 is 0 Å². The third kappa shape index (κ3) is 2.38. The zero-order chi connectivity index (χ0) is 12.5. The van der Waals surface area contributed by atoms with Gasteiger partial charge in [-0.05, 0) is 12.1 Å². The topological polar surface area (TPSA) is 32.9 Å². The highest BCUT2D eigenvalue weighted by Gasteiger charge is 2.32. The molecule has 0 fully saturated rings. The Morgan fingerprint density at radius 3 is 2.18 bits per heavy atom. The molecular weight excluding hydrogens is 231 g/mol. The maximum atomic E-state index is 12.3. The molecule has 0 bridgehead atoms. The Hall–Kier alpha value is -2.04. The number of aromatic amines is 1. The van der Waals surface area contributed by atoms with Crippen LogP contribution in [-0.4, -0.2) is 10.8 Å². The van der Waals surface area contributed by atoms with E-state index in [1.54, 1.807) is 30.3 Å². The molecule has 0 aliphatic carbocycles. The lowest BCUT2D eigenvalue weighted by atomic mass is 10.1. The molecule has 0 saturated heterocycles. The Morgan fingerprint density at radius 1 is 1.00 bits per heavy atom. The van der Waals surface area contributed by atoms with Crippen LogP contribution in [-0.2, 0) is 6.18 Å². The van der Waals surface area contributed by atoms with Gasteiger partial charge in [0.05, 0.1) is 5.69 Å². The molecule has 5 heteroatoms. The van der Waals surface area contributed by atoms with Crippen molar-refractivity contribution in [1.29, 1.82) is 0 Å². The number of H-pyrrole nitrogens is 1. The second-order valence-corrected chi connectivity index (χ2v) is 3.48. The lowest BCUT2D eigenvalue weighted by molar-refractivity contribution is -0.140. The third-order valence-corrected chi connectivity index (χ3v) is 2.27. The number of nitrogens with one attached hydrogen (secondary N) is 1. The van der Waals surface area contributed by atoms with Gasteiger partial charge in [-0.1, -0.05) is 30.3 Å². The fourth-order valence-electron chi connectivity index (χ4n) is 1.44. The Bertz CT molecular complexity index is 528. The predicted molar refractivity (Wildman–Crippen MR) is 55.7 cm³/mol. The fourth-order valence-corrected chi connectivity index (χ4v) is 1.44. The number of hydrogen-bond acceptors (Lipinski definition) is 1. The highest BCUT2D eigenvalue weighted by atomic mass is 19.4. The van der Waals surface area contributed by atoms with Gasteiger partial charge in [-0.25, -0.2) is 0 Å². The number of alkyl halides is 3. The van der Waals surface area contributed by atoms with Crippen LogP contribution in [0.5, 0.6) is 0 Å². The molecule has 0 aliphatic heterocycles. The van der Waals surface area contributed by atoms with Crippen molar-refractivity contribution in [3.05, 3.63) is 59.4 Å². The first-order valence-corrected chi connectivity index (χ1v) is 4.84. The molecule has 2 nitrogen and oxygen atoms in total. The molecule has 88 valence electrons. The minimum Gasteiger partial charge on any atom is -0.348 e. The molecule has 0 spiro atoms. The number of rotatable bonds is 2. The van der Waals surface area contributed by atoms with Gasteiger partial charge in [-0.3, -0.25) is 4.79 Å². The summed E-state index contributed by atoms with van der Waals surface area (Å²) in [4.78, 5) is 13.9. The number of hydrogen-bond donors (Lipinski definition) is 1. The molecule has 1 heterocycles. The van der Waals surface area contributed by atoms with Gasteiger partial charge in [0.25, 0.3) is 0 Å². The Labute approximate surface area is 95.1 Å².